The monoisotopic (exact) mass is 453 g/mol. The van der Waals surface area contributed by atoms with Gasteiger partial charge in [-0.1, -0.05) is 19.1 Å². The molecule has 178 valence electrons. The van der Waals surface area contributed by atoms with Crippen molar-refractivity contribution in [2.45, 2.75) is 51.2 Å². The predicted molar refractivity (Wildman–Crippen MR) is 130 cm³/mol. The Morgan fingerprint density at radius 1 is 1.15 bits per heavy atom. The number of benzene rings is 1. The zero-order valence-corrected chi connectivity index (χ0v) is 19.4. The van der Waals surface area contributed by atoms with Gasteiger partial charge in [-0.05, 0) is 56.0 Å². The van der Waals surface area contributed by atoms with Crippen molar-refractivity contribution in [3.63, 3.8) is 0 Å². The fourth-order valence-electron chi connectivity index (χ4n) is 4.69. The summed E-state index contributed by atoms with van der Waals surface area (Å²) in [5, 5.41) is 5.93. The summed E-state index contributed by atoms with van der Waals surface area (Å²) in [5.41, 5.74) is 7.62. The Labute approximate surface area is 195 Å². The molecular formula is C24H35N7O2. The van der Waals surface area contributed by atoms with Gasteiger partial charge in [0.2, 0.25) is 0 Å². The van der Waals surface area contributed by atoms with Crippen molar-refractivity contribution < 1.29 is 4.79 Å². The van der Waals surface area contributed by atoms with Gasteiger partial charge in [0.15, 0.2) is 0 Å². The first-order valence-electron chi connectivity index (χ1n) is 12.0. The third kappa shape index (κ3) is 5.98. The molecule has 2 heterocycles. The minimum atomic E-state index is -0.422. The van der Waals surface area contributed by atoms with Crippen LogP contribution in [0, 0.1) is 0 Å². The molecule has 1 aliphatic carbocycles. The Morgan fingerprint density at radius 2 is 1.85 bits per heavy atom. The molecule has 1 aliphatic heterocycles. The summed E-state index contributed by atoms with van der Waals surface area (Å²) < 4.78 is 1.49. The lowest BCUT2D eigenvalue weighted by atomic mass is 9.90. The molecule has 0 spiro atoms. The highest BCUT2D eigenvalue weighted by Gasteiger charge is 2.23. The highest BCUT2D eigenvalue weighted by atomic mass is 16.2. The van der Waals surface area contributed by atoms with Crippen molar-refractivity contribution in [1.82, 2.24) is 24.7 Å². The minimum Gasteiger partial charge on any atom is -0.328 e. The van der Waals surface area contributed by atoms with E-state index in [9.17, 15) is 9.59 Å². The number of aromatic nitrogens is 2. The van der Waals surface area contributed by atoms with E-state index in [-0.39, 0.29) is 11.8 Å². The first-order chi connectivity index (χ1) is 16.0. The molecule has 9 heteroatoms. The molecule has 0 bridgehead atoms. The molecule has 0 unspecified atom stereocenters. The van der Waals surface area contributed by atoms with Gasteiger partial charge in [-0.2, -0.15) is 4.98 Å². The lowest BCUT2D eigenvalue weighted by Gasteiger charge is -2.35. The topological polar surface area (TPSA) is 109 Å². The Balaban J connectivity index is 1.38. The van der Waals surface area contributed by atoms with Crippen LogP contribution in [0.4, 0.5) is 10.6 Å². The third-order valence-electron chi connectivity index (χ3n) is 6.71. The minimum absolute atomic E-state index is 0.231. The largest absolute Gasteiger partial charge is 0.354 e. The van der Waals surface area contributed by atoms with Gasteiger partial charge in [0.25, 0.3) is 0 Å². The standard InChI is InChI=1S/C24H35N7O2/c1-2-29(20-9-5-19(25)6-10-20)17-18-3-7-21(8-4-18)31-14-11-22(28-24(31)33)27-23(32)30-15-12-26-13-16-30/h3-4,7-8,11,14,19-20,26H,2,5-6,9-10,12-13,15-17,25H2,1H3,(H,27,28,32,33)/t19-,20-. The molecule has 1 saturated carbocycles. The normalized spacial score (nSPS) is 21.2. The Bertz CT molecular complexity index is 977. The number of hydrogen-bond acceptors (Lipinski definition) is 6. The molecule has 9 nitrogen and oxygen atoms in total. The second-order valence-corrected chi connectivity index (χ2v) is 8.93. The Morgan fingerprint density at radius 3 is 2.48 bits per heavy atom. The summed E-state index contributed by atoms with van der Waals surface area (Å²) in [6.45, 7) is 6.91. The number of anilines is 1. The number of piperazine rings is 1. The number of nitrogens with two attached hydrogens (primary N) is 1. The van der Waals surface area contributed by atoms with Gasteiger partial charge >= 0.3 is 11.7 Å². The van der Waals surface area contributed by atoms with Crippen molar-refractivity contribution in [3.8, 4) is 5.69 Å². The number of carbonyl (C=O) groups excluding carboxylic acids is 1. The van der Waals surface area contributed by atoms with E-state index in [1.807, 2.05) is 12.1 Å². The maximum absolute atomic E-state index is 12.6. The summed E-state index contributed by atoms with van der Waals surface area (Å²) in [6, 6.07) is 10.4. The summed E-state index contributed by atoms with van der Waals surface area (Å²) in [7, 11) is 0. The Hall–Kier alpha value is -2.75. The molecule has 1 aromatic carbocycles. The first-order valence-corrected chi connectivity index (χ1v) is 12.0. The molecule has 4 N–H and O–H groups in total. The number of hydrogen-bond donors (Lipinski definition) is 3. The highest BCUT2D eigenvalue weighted by molar-refractivity contribution is 5.88. The van der Waals surface area contributed by atoms with Crippen molar-refractivity contribution in [1.29, 1.82) is 0 Å². The molecule has 2 aliphatic rings. The fourth-order valence-corrected chi connectivity index (χ4v) is 4.69. The van der Waals surface area contributed by atoms with Gasteiger partial charge in [0, 0.05) is 51.0 Å². The quantitative estimate of drug-likeness (QED) is 0.615. The summed E-state index contributed by atoms with van der Waals surface area (Å²) in [5.74, 6) is 0.266. The molecule has 1 saturated heterocycles. The SMILES string of the molecule is CCN(Cc1ccc(-n2ccc(NC(=O)N3CCNCC3)nc2=O)cc1)[C@H]1CC[C@H](N)CC1. The molecular weight excluding hydrogens is 418 g/mol. The van der Waals surface area contributed by atoms with Crippen molar-refractivity contribution in [3.05, 3.63) is 52.6 Å². The molecule has 0 radical (unpaired) electrons. The van der Waals surface area contributed by atoms with Crippen molar-refractivity contribution >= 4 is 11.8 Å². The van der Waals surface area contributed by atoms with Crippen LogP contribution < -0.4 is 22.1 Å². The maximum Gasteiger partial charge on any atom is 0.354 e. The molecule has 0 atom stereocenters. The van der Waals surface area contributed by atoms with Crippen LogP contribution in [0.1, 0.15) is 38.2 Å². The average Bonchev–Trinajstić information content (AvgIpc) is 2.84. The van der Waals surface area contributed by atoms with E-state index in [1.165, 1.54) is 10.1 Å². The second kappa shape index (κ2) is 10.9. The predicted octanol–water partition coefficient (Wildman–Crippen LogP) is 1.76. The van der Waals surface area contributed by atoms with Gasteiger partial charge in [-0.3, -0.25) is 14.8 Å². The van der Waals surface area contributed by atoms with Crippen LogP contribution in [0.15, 0.2) is 41.3 Å². The smallest absolute Gasteiger partial charge is 0.328 e. The van der Waals surface area contributed by atoms with E-state index in [4.69, 9.17) is 5.73 Å². The highest BCUT2D eigenvalue weighted by Crippen LogP contribution is 2.23. The van der Waals surface area contributed by atoms with Crippen LogP contribution in [-0.2, 0) is 6.54 Å². The number of nitrogens with one attached hydrogen (secondary N) is 2. The third-order valence-corrected chi connectivity index (χ3v) is 6.71. The lowest BCUT2D eigenvalue weighted by Crippen LogP contribution is -2.48. The van der Waals surface area contributed by atoms with Gasteiger partial charge in [-0.15, -0.1) is 0 Å². The number of rotatable bonds is 6. The van der Waals surface area contributed by atoms with E-state index in [0.29, 0.717) is 25.2 Å². The zero-order chi connectivity index (χ0) is 23.2. The van der Waals surface area contributed by atoms with E-state index >= 15 is 0 Å². The lowest BCUT2D eigenvalue weighted by molar-refractivity contribution is 0.149. The van der Waals surface area contributed by atoms with E-state index in [2.05, 4.69) is 39.6 Å². The zero-order valence-electron chi connectivity index (χ0n) is 19.4. The summed E-state index contributed by atoms with van der Waals surface area (Å²) >= 11 is 0. The molecule has 2 amide bonds. The molecule has 2 fully saturated rings. The number of nitrogens with zero attached hydrogens (tertiary/aromatic N) is 4. The molecule has 2 aromatic rings. The first kappa shape index (κ1) is 23.4. The van der Waals surface area contributed by atoms with Crippen molar-refractivity contribution in [2.75, 3.05) is 38.0 Å². The molecule has 4 rings (SSSR count). The molecule has 1 aromatic heterocycles. The average molecular weight is 454 g/mol. The number of amides is 2. The van der Waals surface area contributed by atoms with Crippen LogP contribution >= 0.6 is 0 Å². The van der Waals surface area contributed by atoms with Gasteiger partial charge < -0.3 is 16.0 Å². The van der Waals surface area contributed by atoms with Crippen LogP contribution in [0.25, 0.3) is 5.69 Å². The fraction of sp³-hybridized carbons (Fsp3) is 0.542. The van der Waals surface area contributed by atoms with E-state index in [1.54, 1.807) is 17.2 Å². The van der Waals surface area contributed by atoms with Crippen LogP contribution in [0.5, 0.6) is 0 Å². The van der Waals surface area contributed by atoms with Gasteiger partial charge in [0.05, 0.1) is 5.69 Å². The van der Waals surface area contributed by atoms with Crippen LogP contribution in [-0.4, -0.2) is 70.2 Å². The van der Waals surface area contributed by atoms with Crippen molar-refractivity contribution in [2.24, 2.45) is 5.73 Å². The van der Waals surface area contributed by atoms with Crippen LogP contribution in [0.3, 0.4) is 0 Å². The summed E-state index contributed by atoms with van der Waals surface area (Å²) in [4.78, 5) is 33.2. The maximum atomic E-state index is 12.6. The number of urea groups is 1. The number of carbonyl (C=O) groups is 1. The summed E-state index contributed by atoms with van der Waals surface area (Å²) in [6.07, 6.45) is 6.17. The van der Waals surface area contributed by atoms with E-state index < -0.39 is 5.69 Å². The van der Waals surface area contributed by atoms with Gasteiger partial charge in [-0.25, -0.2) is 9.59 Å². The second-order valence-electron chi connectivity index (χ2n) is 8.93. The van der Waals surface area contributed by atoms with Crippen LogP contribution in [0.2, 0.25) is 0 Å². The molecule has 33 heavy (non-hydrogen) atoms. The Kier molecular flexibility index (Phi) is 7.74. The van der Waals surface area contributed by atoms with Gasteiger partial charge in [0.1, 0.15) is 5.82 Å². The van der Waals surface area contributed by atoms with E-state index in [0.717, 1.165) is 57.5 Å².